The third-order valence-corrected chi connectivity index (χ3v) is 3.74. The largest absolute Gasteiger partial charge is 0.285 e. The minimum absolute atomic E-state index is 0.704. The predicted octanol–water partition coefficient (Wildman–Crippen LogP) is -1.22. The third-order valence-electron chi connectivity index (χ3n) is 1.46. The van der Waals surface area contributed by atoms with Gasteiger partial charge >= 0.3 is 0 Å². The van der Waals surface area contributed by atoms with Crippen LogP contribution in [0, 0.1) is 6.20 Å². The second kappa shape index (κ2) is 3.12. The Labute approximate surface area is 80.7 Å². The lowest BCUT2D eigenvalue weighted by molar-refractivity contribution is 0.458. The molecule has 0 fully saturated rings. The molecule has 7 nitrogen and oxygen atoms in total. The van der Waals surface area contributed by atoms with Gasteiger partial charge in [-0.3, -0.25) is 9.11 Å². The quantitative estimate of drug-likeness (QED) is 0.595. The molecular formula is C5H5NO6S2. The molecule has 0 spiro atoms. The number of hydrogen-bond donors (Lipinski definition) is 2. The standard InChI is InChI=1S/C5H5NO6S2/c7-13(8,9)4-5(14(10,11)12)1-2-6-3-5/h1H,4H2,(H,7,8,9)(H,10,11,12). The number of hydrogen-bond acceptors (Lipinski definition) is 5. The van der Waals surface area contributed by atoms with Crippen LogP contribution in [0.5, 0.6) is 0 Å². The minimum atomic E-state index is -4.76. The lowest BCUT2D eigenvalue weighted by Gasteiger charge is -2.16. The van der Waals surface area contributed by atoms with Crippen molar-refractivity contribution in [2.75, 3.05) is 5.75 Å². The van der Waals surface area contributed by atoms with Crippen molar-refractivity contribution >= 4 is 26.5 Å². The van der Waals surface area contributed by atoms with Crippen molar-refractivity contribution in [3.63, 3.8) is 0 Å². The van der Waals surface area contributed by atoms with Gasteiger partial charge in [0.25, 0.3) is 20.2 Å². The van der Waals surface area contributed by atoms with E-state index in [1.807, 2.05) is 12.4 Å². The Hall–Kier alpha value is -0.770. The van der Waals surface area contributed by atoms with E-state index in [0.717, 1.165) is 0 Å². The van der Waals surface area contributed by atoms with Crippen LogP contribution in [0.15, 0.2) is 11.1 Å². The van der Waals surface area contributed by atoms with Crippen LogP contribution in [-0.4, -0.2) is 42.7 Å². The molecule has 1 unspecified atom stereocenters. The van der Waals surface area contributed by atoms with Crippen LogP contribution in [0.4, 0.5) is 0 Å². The highest BCUT2D eigenvalue weighted by molar-refractivity contribution is 7.91. The van der Waals surface area contributed by atoms with Crippen molar-refractivity contribution in [1.82, 2.24) is 0 Å². The highest BCUT2D eigenvalue weighted by Crippen LogP contribution is 2.21. The Bertz CT molecular complexity index is 472. The van der Waals surface area contributed by atoms with Crippen LogP contribution in [0.3, 0.4) is 0 Å². The second-order valence-electron chi connectivity index (χ2n) is 2.59. The van der Waals surface area contributed by atoms with E-state index >= 15 is 0 Å². The molecule has 0 aromatic rings. The molecule has 0 bridgehead atoms. The predicted molar refractivity (Wildman–Crippen MR) is 45.9 cm³/mol. The number of nitrogens with zero attached hydrogens (tertiary/aromatic N) is 1. The summed E-state index contributed by atoms with van der Waals surface area (Å²) in [5.41, 5.74) is 0. The summed E-state index contributed by atoms with van der Waals surface area (Å²) >= 11 is 0. The molecular weight excluding hydrogens is 234 g/mol. The summed E-state index contributed by atoms with van der Waals surface area (Å²) in [5.74, 6) is -1.24. The van der Waals surface area contributed by atoms with Crippen molar-refractivity contribution in [3.05, 3.63) is 12.3 Å². The summed E-state index contributed by atoms with van der Waals surface area (Å²) in [6, 6.07) is 0. The molecule has 78 valence electrons. The van der Waals surface area contributed by atoms with E-state index in [1.165, 1.54) is 0 Å². The molecule has 1 aliphatic heterocycles. The van der Waals surface area contributed by atoms with Crippen LogP contribution in [0.2, 0.25) is 0 Å². The molecule has 1 atom stereocenters. The lowest BCUT2D eigenvalue weighted by atomic mass is 10.2. The summed E-state index contributed by atoms with van der Waals surface area (Å²) in [7, 11) is -9.34. The molecule has 1 rings (SSSR count). The van der Waals surface area contributed by atoms with Gasteiger partial charge in [0, 0.05) is 0 Å². The summed E-state index contributed by atoms with van der Waals surface area (Å²) < 4.78 is 57.5. The van der Waals surface area contributed by atoms with Gasteiger partial charge in [0.15, 0.2) is 4.75 Å². The van der Waals surface area contributed by atoms with Crippen molar-refractivity contribution < 1.29 is 25.9 Å². The van der Waals surface area contributed by atoms with E-state index in [9.17, 15) is 16.8 Å². The van der Waals surface area contributed by atoms with Gasteiger partial charge in [-0.2, -0.15) is 16.8 Å². The fourth-order valence-corrected chi connectivity index (χ4v) is 2.94. The van der Waals surface area contributed by atoms with Gasteiger partial charge in [0.05, 0.1) is 12.4 Å². The summed E-state index contributed by atoms with van der Waals surface area (Å²) in [5, 5.41) is 0. The van der Waals surface area contributed by atoms with E-state index in [-0.39, 0.29) is 0 Å². The first kappa shape index (κ1) is 11.3. The first-order chi connectivity index (χ1) is 6.16. The van der Waals surface area contributed by atoms with Crippen LogP contribution in [0.25, 0.3) is 0 Å². The zero-order chi connectivity index (χ0) is 11.0. The van der Waals surface area contributed by atoms with Crippen LogP contribution in [-0.2, 0) is 20.2 Å². The molecule has 0 saturated heterocycles. The van der Waals surface area contributed by atoms with Gasteiger partial charge in [-0.05, 0) is 6.08 Å². The molecule has 0 aliphatic carbocycles. The average Bonchev–Trinajstić information content (AvgIpc) is 2.31. The molecule has 9 heteroatoms. The van der Waals surface area contributed by atoms with E-state index < -0.39 is 30.7 Å². The molecule has 2 radical (unpaired) electrons. The topological polar surface area (TPSA) is 121 Å². The lowest BCUT2D eigenvalue weighted by Crippen LogP contribution is -2.43. The second-order valence-corrected chi connectivity index (χ2v) is 5.72. The van der Waals surface area contributed by atoms with Gasteiger partial charge in [-0.15, -0.1) is 0 Å². The normalized spacial score (nSPS) is 27.0. The summed E-state index contributed by atoms with van der Waals surface area (Å²) in [4.78, 5) is 3.12. The molecule has 1 aliphatic rings. The van der Waals surface area contributed by atoms with Crippen molar-refractivity contribution in [3.8, 4) is 0 Å². The van der Waals surface area contributed by atoms with E-state index in [1.54, 1.807) is 0 Å². The molecule has 0 aromatic carbocycles. The zero-order valence-corrected chi connectivity index (χ0v) is 8.21. The van der Waals surface area contributed by atoms with Crippen molar-refractivity contribution in [1.29, 1.82) is 0 Å². The van der Waals surface area contributed by atoms with Crippen LogP contribution >= 0.6 is 0 Å². The Morgan fingerprint density at radius 2 is 1.86 bits per heavy atom. The molecule has 2 N–H and O–H groups in total. The summed E-state index contributed by atoms with van der Waals surface area (Å²) in [6.45, 7) is 0. The number of rotatable bonds is 3. The minimum Gasteiger partial charge on any atom is -0.285 e. The maximum absolute atomic E-state index is 10.8. The van der Waals surface area contributed by atoms with E-state index in [4.69, 9.17) is 9.11 Å². The Kier molecular flexibility index (Phi) is 2.52. The summed E-state index contributed by atoms with van der Waals surface area (Å²) in [6.07, 6.45) is 4.57. The highest BCUT2D eigenvalue weighted by Gasteiger charge is 2.45. The first-order valence-electron chi connectivity index (χ1n) is 3.15. The van der Waals surface area contributed by atoms with Crippen LogP contribution in [0.1, 0.15) is 0 Å². The SMILES string of the molecule is O=S(=O)(O)CC1(S(=O)(=O)O)[C]=N[C]=C1. The van der Waals surface area contributed by atoms with E-state index in [0.29, 0.717) is 6.08 Å². The highest BCUT2D eigenvalue weighted by atomic mass is 32.2. The fraction of sp³-hybridized carbons (Fsp3) is 0.400. The van der Waals surface area contributed by atoms with Gasteiger partial charge in [0.2, 0.25) is 0 Å². The maximum atomic E-state index is 10.8. The third kappa shape index (κ3) is 2.18. The fourth-order valence-electron chi connectivity index (χ4n) is 0.847. The Morgan fingerprint density at radius 1 is 1.29 bits per heavy atom. The van der Waals surface area contributed by atoms with Crippen molar-refractivity contribution in [2.24, 2.45) is 4.99 Å². The van der Waals surface area contributed by atoms with Crippen molar-refractivity contribution in [2.45, 2.75) is 4.75 Å². The molecule has 14 heavy (non-hydrogen) atoms. The van der Waals surface area contributed by atoms with Gasteiger partial charge in [0.1, 0.15) is 5.75 Å². The molecule has 0 aromatic heterocycles. The van der Waals surface area contributed by atoms with Crippen LogP contribution < -0.4 is 0 Å². The molecule has 0 amide bonds. The van der Waals surface area contributed by atoms with Gasteiger partial charge < -0.3 is 0 Å². The average molecular weight is 239 g/mol. The van der Waals surface area contributed by atoms with Gasteiger partial charge in [-0.25, -0.2) is 4.99 Å². The zero-order valence-electron chi connectivity index (χ0n) is 6.58. The Morgan fingerprint density at radius 3 is 2.14 bits per heavy atom. The monoisotopic (exact) mass is 239 g/mol. The molecule has 1 heterocycles. The number of aliphatic imine (C=N–C) groups is 1. The maximum Gasteiger partial charge on any atom is 0.281 e. The first-order valence-corrected chi connectivity index (χ1v) is 6.20. The molecule has 0 saturated carbocycles. The van der Waals surface area contributed by atoms with Gasteiger partial charge in [-0.1, -0.05) is 0 Å². The van der Waals surface area contributed by atoms with E-state index in [2.05, 4.69) is 4.99 Å². The Balaban J connectivity index is 3.23. The smallest absolute Gasteiger partial charge is 0.281 e.